The monoisotopic (exact) mass is 459 g/mol. The molecule has 0 saturated carbocycles. The summed E-state index contributed by atoms with van der Waals surface area (Å²) in [5, 5.41) is 9.93. The Bertz CT molecular complexity index is 1260. The number of aliphatic imine (C=N–C) groups is 1. The molecule has 4 rings (SSSR count). The van der Waals surface area contributed by atoms with Gasteiger partial charge in [0.2, 0.25) is 5.95 Å². The standard InChI is InChI=1S/C25H26FN7O/c1-16-8-9-21(12-17(16)2)29-23-22(26)14-27-25(32-23)31-20-7-4-6-19(13-20)30-24(34)18(3)15-33-11-5-10-28-33/h4-7,10-14,16H,3,8-9,15H2,1-2H3,(H,30,34)(H,27,31,32). The number of nitrogens with one attached hydrogen (secondary N) is 2. The average molecular weight is 460 g/mol. The van der Waals surface area contributed by atoms with E-state index in [0.29, 0.717) is 29.4 Å². The van der Waals surface area contributed by atoms with Crippen molar-refractivity contribution >= 4 is 34.8 Å². The van der Waals surface area contributed by atoms with E-state index in [1.165, 1.54) is 5.57 Å². The Kier molecular flexibility index (Phi) is 6.91. The van der Waals surface area contributed by atoms with Crippen LogP contribution in [0.15, 0.2) is 77.7 Å². The molecule has 1 amide bonds. The van der Waals surface area contributed by atoms with E-state index in [-0.39, 0.29) is 17.7 Å². The molecule has 0 bridgehead atoms. The average Bonchev–Trinajstić information content (AvgIpc) is 3.32. The minimum Gasteiger partial charge on any atom is -0.324 e. The smallest absolute Gasteiger partial charge is 0.252 e. The fourth-order valence-corrected chi connectivity index (χ4v) is 3.47. The maximum absolute atomic E-state index is 14.3. The van der Waals surface area contributed by atoms with Gasteiger partial charge in [0, 0.05) is 35.1 Å². The van der Waals surface area contributed by atoms with Crippen molar-refractivity contribution in [3.8, 4) is 0 Å². The van der Waals surface area contributed by atoms with E-state index in [0.717, 1.165) is 24.8 Å². The van der Waals surface area contributed by atoms with Crippen LogP contribution in [0, 0.1) is 11.7 Å². The highest BCUT2D eigenvalue weighted by molar-refractivity contribution is 6.03. The van der Waals surface area contributed by atoms with Gasteiger partial charge in [0.15, 0.2) is 11.6 Å². The van der Waals surface area contributed by atoms with Crippen molar-refractivity contribution in [2.75, 3.05) is 10.6 Å². The molecule has 1 atom stereocenters. The molecule has 2 N–H and O–H groups in total. The van der Waals surface area contributed by atoms with Gasteiger partial charge >= 0.3 is 0 Å². The molecule has 0 radical (unpaired) electrons. The molecule has 34 heavy (non-hydrogen) atoms. The number of nitrogens with zero attached hydrogens (tertiary/aromatic N) is 5. The second kappa shape index (κ2) is 10.2. The van der Waals surface area contributed by atoms with Crippen LogP contribution < -0.4 is 10.6 Å². The molecule has 8 nitrogen and oxygen atoms in total. The van der Waals surface area contributed by atoms with Crippen LogP contribution in [-0.2, 0) is 11.3 Å². The third kappa shape index (κ3) is 5.80. The normalized spacial score (nSPS) is 16.7. The SMILES string of the molecule is C=C(Cn1cccn1)C(=O)Nc1cccc(Nc2ncc(F)c(N=C3C=C(C)C(C)CC3)n2)c1. The molecule has 2 aromatic heterocycles. The van der Waals surface area contributed by atoms with Gasteiger partial charge in [0.1, 0.15) is 0 Å². The van der Waals surface area contributed by atoms with Gasteiger partial charge in [-0.3, -0.25) is 9.48 Å². The molecule has 1 aliphatic rings. The zero-order chi connectivity index (χ0) is 24.1. The van der Waals surface area contributed by atoms with Crippen molar-refractivity contribution < 1.29 is 9.18 Å². The Morgan fingerprint density at radius 2 is 2.15 bits per heavy atom. The fraction of sp³-hybridized carbons (Fsp3) is 0.240. The molecule has 174 valence electrons. The van der Waals surface area contributed by atoms with Gasteiger partial charge in [-0.05, 0) is 56.0 Å². The molecule has 0 spiro atoms. The van der Waals surface area contributed by atoms with E-state index in [1.807, 2.05) is 6.08 Å². The number of aromatic nitrogens is 4. The van der Waals surface area contributed by atoms with E-state index in [1.54, 1.807) is 47.4 Å². The Morgan fingerprint density at radius 3 is 2.91 bits per heavy atom. The number of rotatable bonds is 7. The van der Waals surface area contributed by atoms with E-state index in [2.05, 4.69) is 51.1 Å². The van der Waals surface area contributed by atoms with Crippen LogP contribution >= 0.6 is 0 Å². The van der Waals surface area contributed by atoms with E-state index >= 15 is 0 Å². The zero-order valence-corrected chi connectivity index (χ0v) is 19.1. The summed E-state index contributed by atoms with van der Waals surface area (Å²) in [6.45, 7) is 8.35. The van der Waals surface area contributed by atoms with Gasteiger partial charge in [-0.2, -0.15) is 10.1 Å². The van der Waals surface area contributed by atoms with Crippen LogP contribution in [-0.4, -0.2) is 31.4 Å². The van der Waals surface area contributed by atoms with Crippen molar-refractivity contribution in [2.24, 2.45) is 10.9 Å². The Hall–Kier alpha value is -4.14. The molecular formula is C25H26FN7O. The predicted molar refractivity (Wildman–Crippen MR) is 131 cm³/mol. The van der Waals surface area contributed by atoms with Crippen LogP contribution in [0.1, 0.15) is 26.7 Å². The maximum Gasteiger partial charge on any atom is 0.252 e. The van der Waals surface area contributed by atoms with Crippen molar-refractivity contribution in [2.45, 2.75) is 33.2 Å². The maximum atomic E-state index is 14.3. The van der Waals surface area contributed by atoms with Gasteiger partial charge in [0.25, 0.3) is 5.91 Å². The number of amides is 1. The lowest BCUT2D eigenvalue weighted by molar-refractivity contribution is -0.113. The first kappa shape index (κ1) is 23.0. The fourth-order valence-electron chi connectivity index (χ4n) is 3.47. The summed E-state index contributed by atoms with van der Waals surface area (Å²) < 4.78 is 15.9. The minimum atomic E-state index is -0.584. The number of halogens is 1. The lowest BCUT2D eigenvalue weighted by Gasteiger charge is -2.18. The zero-order valence-electron chi connectivity index (χ0n) is 19.1. The Balaban J connectivity index is 1.45. The second-order valence-corrected chi connectivity index (χ2v) is 8.26. The summed E-state index contributed by atoms with van der Waals surface area (Å²) in [7, 11) is 0. The van der Waals surface area contributed by atoms with E-state index in [4.69, 9.17) is 0 Å². The summed E-state index contributed by atoms with van der Waals surface area (Å²) in [5.41, 5.74) is 3.59. The summed E-state index contributed by atoms with van der Waals surface area (Å²) >= 11 is 0. The molecule has 1 aliphatic carbocycles. The number of carbonyl (C=O) groups excluding carboxylic acids is 1. The molecule has 0 saturated heterocycles. The molecule has 9 heteroatoms. The third-order valence-electron chi connectivity index (χ3n) is 5.59. The van der Waals surface area contributed by atoms with Gasteiger partial charge in [0.05, 0.1) is 12.7 Å². The number of allylic oxidation sites excluding steroid dienone is 2. The van der Waals surface area contributed by atoms with Crippen LogP contribution in [0.3, 0.4) is 0 Å². The number of hydrogen-bond donors (Lipinski definition) is 2. The van der Waals surface area contributed by atoms with Gasteiger partial charge in [-0.15, -0.1) is 0 Å². The molecule has 1 aromatic carbocycles. The highest BCUT2D eigenvalue weighted by Crippen LogP contribution is 2.26. The van der Waals surface area contributed by atoms with Crippen LogP contribution in [0.5, 0.6) is 0 Å². The van der Waals surface area contributed by atoms with Crippen molar-refractivity contribution in [3.63, 3.8) is 0 Å². The first-order valence-corrected chi connectivity index (χ1v) is 11.0. The van der Waals surface area contributed by atoms with Gasteiger partial charge in [-0.1, -0.05) is 25.1 Å². The molecule has 0 fully saturated rings. The quantitative estimate of drug-likeness (QED) is 0.474. The number of hydrogen-bond acceptors (Lipinski definition) is 6. The summed E-state index contributed by atoms with van der Waals surface area (Å²) in [5.74, 6) is -0.196. The largest absolute Gasteiger partial charge is 0.324 e. The highest BCUT2D eigenvalue weighted by atomic mass is 19.1. The van der Waals surface area contributed by atoms with E-state index < -0.39 is 5.82 Å². The first-order valence-electron chi connectivity index (χ1n) is 11.0. The highest BCUT2D eigenvalue weighted by Gasteiger charge is 2.15. The summed E-state index contributed by atoms with van der Waals surface area (Å²) in [6, 6.07) is 8.83. The molecule has 3 aromatic rings. The molecule has 2 heterocycles. The number of anilines is 3. The van der Waals surface area contributed by atoms with Gasteiger partial charge < -0.3 is 10.6 Å². The number of benzene rings is 1. The Morgan fingerprint density at radius 1 is 1.32 bits per heavy atom. The molecular weight excluding hydrogens is 433 g/mol. The number of carbonyl (C=O) groups is 1. The van der Waals surface area contributed by atoms with Crippen molar-refractivity contribution in [1.29, 1.82) is 0 Å². The summed E-state index contributed by atoms with van der Waals surface area (Å²) in [4.78, 5) is 25.1. The summed E-state index contributed by atoms with van der Waals surface area (Å²) in [6.07, 6.45) is 8.25. The van der Waals surface area contributed by atoms with Crippen molar-refractivity contribution in [3.05, 3.63) is 78.5 Å². The lowest BCUT2D eigenvalue weighted by Crippen LogP contribution is -2.17. The Labute approximate surface area is 197 Å². The molecule has 1 unspecified atom stereocenters. The van der Waals surface area contributed by atoms with Crippen LogP contribution in [0.25, 0.3) is 0 Å². The van der Waals surface area contributed by atoms with Gasteiger partial charge in [-0.25, -0.2) is 14.4 Å². The van der Waals surface area contributed by atoms with E-state index in [9.17, 15) is 9.18 Å². The van der Waals surface area contributed by atoms with Crippen molar-refractivity contribution in [1.82, 2.24) is 19.7 Å². The van der Waals surface area contributed by atoms with Crippen LogP contribution in [0.4, 0.5) is 27.5 Å². The minimum absolute atomic E-state index is 0.00881. The predicted octanol–water partition coefficient (Wildman–Crippen LogP) is 5.20. The lowest BCUT2D eigenvalue weighted by atomic mass is 9.89. The second-order valence-electron chi connectivity index (χ2n) is 8.26. The third-order valence-corrected chi connectivity index (χ3v) is 5.59. The van der Waals surface area contributed by atoms with Crippen LogP contribution in [0.2, 0.25) is 0 Å². The topological polar surface area (TPSA) is 97.1 Å². The first-order chi connectivity index (χ1) is 16.4. The molecule has 0 aliphatic heterocycles.